The van der Waals surface area contributed by atoms with Crippen molar-refractivity contribution in [3.05, 3.63) is 39.9 Å². The van der Waals surface area contributed by atoms with E-state index in [1.54, 1.807) is 54.5 Å². The number of cyclic esters (lactones) is 1. The van der Waals surface area contributed by atoms with Gasteiger partial charge in [0, 0.05) is 113 Å². The van der Waals surface area contributed by atoms with Crippen LogP contribution in [0.1, 0.15) is 151 Å². The van der Waals surface area contributed by atoms with Crippen molar-refractivity contribution in [3.63, 3.8) is 0 Å². The quantitative estimate of drug-likeness (QED) is 0.0667. The summed E-state index contributed by atoms with van der Waals surface area (Å²) in [5.41, 5.74) is -4.08. The van der Waals surface area contributed by atoms with Crippen molar-refractivity contribution in [2.45, 2.75) is 237 Å². The van der Waals surface area contributed by atoms with E-state index in [9.17, 15) is 49.1 Å². The number of hydrogen-bond acceptors (Lipinski definition) is 22. The third-order valence-electron chi connectivity index (χ3n) is 19.4. The van der Waals surface area contributed by atoms with Gasteiger partial charge in [-0.3, -0.25) is 14.4 Å². The molecule has 516 valence electrons. The fourth-order valence-corrected chi connectivity index (χ4v) is 13.1. The molecule has 4 saturated heterocycles. The molecule has 2 aromatic rings. The standard InChI is InChI=1S/C38H69NO13.C17H18FN3O3.C10H24N2O2/c1-15-26-38(10,45)31(42)21(4)28(40)19(2)17-37(9,47-14)33(52-35-29(41)25(39(11)12)16-20(3)48-35)22(5)30(23(6)34(44)50-26)51-27-18-36(8,46-13)32(43)24(7)49-27;18-13-7-11-14(8-15(13)20-5-3-19-4-6-20)21(10-1-2-10)9-12(16(11)22)17(23)24;1-3-9(7-13)11-5-6-12-10(4-2)8-14/h19-27,29-33,35,41-43,45H,15-18H2,1-14H3;7-10,19H,1-6H2,(H,23,24);9-14H,3-8H2,1-2H3/t19-,20-,21+,22+,23-,24+,25+,26-,27+,29-,30+,31-,32+,33-,35+,36-,37-,38-;;/m1../s1. The minimum Gasteiger partial charge on any atom is -0.477 e. The molecule has 4 aliphatic heterocycles. The molecule has 7 rings (SSSR count). The summed E-state index contributed by atoms with van der Waals surface area (Å²) in [6, 6.07) is 3.19. The normalized spacial score (nSPS) is 35.6. The molecule has 1 saturated carbocycles. The van der Waals surface area contributed by atoms with Gasteiger partial charge in [0.15, 0.2) is 12.6 Å². The van der Waals surface area contributed by atoms with Crippen LogP contribution in [0.5, 0.6) is 0 Å². The number of hydrogen-bond donors (Lipinski definition) is 10. The molecule has 25 heteroatoms. The number of carboxylic acids is 1. The lowest BCUT2D eigenvalue weighted by Gasteiger charge is -2.50. The average molecular weight is 1280 g/mol. The molecule has 0 radical (unpaired) electrons. The van der Waals surface area contributed by atoms with Gasteiger partial charge in [0.1, 0.15) is 41.1 Å². The number of aromatic carboxylic acids is 1. The van der Waals surface area contributed by atoms with E-state index in [2.05, 4.69) is 16.0 Å². The largest absolute Gasteiger partial charge is 0.477 e. The second-order valence-electron chi connectivity index (χ2n) is 26.5. The summed E-state index contributed by atoms with van der Waals surface area (Å²) in [5, 5.41) is 82.4. The number of nitrogens with zero attached hydrogens (tertiary/aromatic N) is 3. The Morgan fingerprint density at radius 3 is 1.94 bits per heavy atom. The second-order valence-corrected chi connectivity index (χ2v) is 26.5. The van der Waals surface area contributed by atoms with E-state index in [4.69, 9.17) is 43.4 Å². The first kappa shape index (κ1) is 76.8. The van der Waals surface area contributed by atoms with Gasteiger partial charge in [-0.1, -0.05) is 41.5 Å². The zero-order valence-corrected chi connectivity index (χ0v) is 56.3. The van der Waals surface area contributed by atoms with Crippen molar-refractivity contribution in [2.75, 3.05) is 85.7 Å². The van der Waals surface area contributed by atoms with Crippen LogP contribution in [-0.2, 0) is 42.7 Å². The topological polar surface area (TPSA) is 322 Å². The van der Waals surface area contributed by atoms with Crippen LogP contribution in [0.15, 0.2) is 23.1 Å². The molecule has 1 aliphatic carbocycles. The SMILES string of the molecule is CCC(CO)NCCNC(CC)CO.CC[C@H]1OC(=O)[C@H](C)[C@@H](O[C@H]2C[C@@](C)(OC)[C@@H](O)[C@H](C)O2)[C@H](C)[C@@H](O[C@@H]2O[C@H](C)C[C@H](N(C)C)[C@H]2O)[C@](C)(OC)C[C@@H](C)C(=O)[C@H](C)[C@@H](O)[C@]1(C)O.O=C(O)c1cn(C2CC2)c2cc(N3CCNCC3)c(F)cc2c1=O. The number of anilines is 1. The Labute approximate surface area is 531 Å². The van der Waals surface area contributed by atoms with Crippen molar-refractivity contribution in [3.8, 4) is 0 Å². The number of ketones is 1. The second kappa shape index (κ2) is 34.0. The van der Waals surface area contributed by atoms with E-state index in [0.717, 1.165) is 51.9 Å². The summed E-state index contributed by atoms with van der Waals surface area (Å²) in [5.74, 6) is -6.22. The molecule has 20 atom stereocenters. The Kier molecular flexibility index (Phi) is 29.0. The number of aliphatic hydroxyl groups excluding tert-OH is 5. The summed E-state index contributed by atoms with van der Waals surface area (Å²) >= 11 is 0. The molecular weight excluding hydrogens is 1170 g/mol. The van der Waals surface area contributed by atoms with Gasteiger partial charge >= 0.3 is 11.9 Å². The van der Waals surface area contributed by atoms with Crippen molar-refractivity contribution < 1.29 is 87.7 Å². The maximum Gasteiger partial charge on any atom is 0.341 e. The van der Waals surface area contributed by atoms with E-state index in [-0.39, 0.29) is 79.5 Å². The molecule has 0 spiro atoms. The third-order valence-corrected chi connectivity index (χ3v) is 19.4. The van der Waals surface area contributed by atoms with Crippen molar-refractivity contribution >= 4 is 34.3 Å². The first-order valence-electron chi connectivity index (χ1n) is 32.5. The lowest BCUT2D eigenvalue weighted by atomic mass is 9.74. The number of carbonyl (C=O) groups is 3. The molecule has 1 aromatic heterocycles. The molecule has 2 unspecified atom stereocenters. The highest BCUT2D eigenvalue weighted by molar-refractivity contribution is 5.93. The van der Waals surface area contributed by atoms with E-state index < -0.39 is 119 Å². The zero-order chi connectivity index (χ0) is 67.3. The Morgan fingerprint density at radius 1 is 0.844 bits per heavy atom. The number of esters is 1. The maximum absolute atomic E-state index is 14.6. The summed E-state index contributed by atoms with van der Waals surface area (Å²) in [7, 11) is 6.77. The van der Waals surface area contributed by atoms with Crippen LogP contribution in [0, 0.1) is 29.5 Å². The fraction of sp³-hybridized carbons (Fsp3) is 0.815. The number of benzene rings is 1. The molecule has 24 nitrogen and oxygen atoms in total. The van der Waals surface area contributed by atoms with Crippen molar-refractivity contribution in [1.29, 1.82) is 0 Å². The number of ether oxygens (including phenoxy) is 7. The van der Waals surface area contributed by atoms with Crippen LogP contribution in [0.4, 0.5) is 10.1 Å². The summed E-state index contributed by atoms with van der Waals surface area (Å²) < 4.78 is 60.3. The molecule has 0 bridgehead atoms. The molecular formula is C65H111FN6O18. The number of halogens is 1. The van der Waals surface area contributed by atoms with Gasteiger partial charge in [0.2, 0.25) is 5.43 Å². The smallest absolute Gasteiger partial charge is 0.341 e. The highest BCUT2D eigenvalue weighted by Gasteiger charge is 2.54. The molecule has 5 heterocycles. The predicted octanol–water partition coefficient (Wildman–Crippen LogP) is 3.73. The third kappa shape index (κ3) is 18.7. The number of likely N-dealkylation sites (N-methyl/N-ethyl adjacent to an activating group) is 1. The molecule has 10 N–H and O–H groups in total. The number of Topliss-reactive ketones (excluding diaryl/α,β-unsaturated/α-hetero) is 1. The minimum absolute atomic E-state index is 0.111. The molecule has 5 aliphatic rings. The molecule has 5 fully saturated rings. The van der Waals surface area contributed by atoms with E-state index in [1.807, 2.05) is 56.2 Å². The van der Waals surface area contributed by atoms with Crippen LogP contribution in [0.25, 0.3) is 10.9 Å². The number of carboxylic acid groups (broad SMARTS) is 1. The number of nitrogens with one attached hydrogen (secondary N) is 3. The summed E-state index contributed by atoms with van der Waals surface area (Å²) in [6.45, 7) is 26.1. The zero-order valence-electron chi connectivity index (χ0n) is 56.3. The lowest BCUT2D eigenvalue weighted by molar-refractivity contribution is -0.319. The Hall–Kier alpha value is -3.87. The van der Waals surface area contributed by atoms with Gasteiger partial charge in [-0.05, 0) is 113 Å². The average Bonchev–Trinajstić information content (AvgIpc) is 1.83. The number of aliphatic hydroxyl groups is 6. The Balaban J connectivity index is 0.000000314. The Morgan fingerprint density at radius 2 is 1.43 bits per heavy atom. The summed E-state index contributed by atoms with van der Waals surface area (Å²) in [6.07, 6.45) is -3.56. The van der Waals surface area contributed by atoms with Gasteiger partial charge in [0.05, 0.1) is 72.1 Å². The van der Waals surface area contributed by atoms with Gasteiger partial charge in [-0.2, -0.15) is 0 Å². The van der Waals surface area contributed by atoms with E-state index in [0.29, 0.717) is 30.7 Å². The van der Waals surface area contributed by atoms with Crippen LogP contribution >= 0.6 is 0 Å². The fourth-order valence-electron chi connectivity index (χ4n) is 13.1. The molecule has 90 heavy (non-hydrogen) atoms. The van der Waals surface area contributed by atoms with Crippen LogP contribution in [0.2, 0.25) is 0 Å². The maximum atomic E-state index is 14.6. The molecule has 1 aromatic carbocycles. The van der Waals surface area contributed by atoms with Crippen LogP contribution in [-0.4, -0.2) is 240 Å². The van der Waals surface area contributed by atoms with Crippen molar-refractivity contribution in [1.82, 2.24) is 25.4 Å². The number of piperazine rings is 1. The lowest BCUT2D eigenvalue weighted by Crippen LogP contribution is -2.61. The number of pyridine rings is 1. The minimum atomic E-state index is -1.96. The molecule has 0 amide bonds. The van der Waals surface area contributed by atoms with Crippen LogP contribution in [0.3, 0.4) is 0 Å². The number of fused-ring (bicyclic) bond motifs is 1. The van der Waals surface area contributed by atoms with Crippen molar-refractivity contribution in [2.24, 2.45) is 23.7 Å². The van der Waals surface area contributed by atoms with E-state index in [1.165, 1.54) is 33.4 Å². The Bertz CT molecular complexity index is 2640. The first-order chi connectivity index (χ1) is 42.3. The van der Waals surface area contributed by atoms with Gasteiger partial charge in [0.25, 0.3) is 0 Å². The monoisotopic (exact) mass is 1280 g/mol. The number of rotatable bonds is 20. The van der Waals surface area contributed by atoms with Gasteiger partial charge in [-0.25, -0.2) is 9.18 Å². The number of carbonyl (C=O) groups excluding carboxylic acids is 2. The number of aromatic nitrogens is 1. The highest BCUT2D eigenvalue weighted by atomic mass is 19.1. The van der Waals surface area contributed by atoms with Gasteiger partial charge in [-0.15, -0.1) is 0 Å². The first-order valence-corrected chi connectivity index (χ1v) is 32.5. The van der Waals surface area contributed by atoms with E-state index >= 15 is 0 Å². The van der Waals surface area contributed by atoms with Gasteiger partial charge < -0.3 is 99.2 Å². The summed E-state index contributed by atoms with van der Waals surface area (Å²) in [4.78, 5) is 55.8. The number of methoxy groups -OCH3 is 2. The van der Waals surface area contributed by atoms with Crippen LogP contribution < -0.4 is 26.3 Å². The highest BCUT2D eigenvalue weighted by Crippen LogP contribution is 2.43. The predicted molar refractivity (Wildman–Crippen MR) is 338 cm³/mol.